The van der Waals surface area contributed by atoms with Crippen molar-refractivity contribution in [2.75, 3.05) is 25.7 Å². The summed E-state index contributed by atoms with van der Waals surface area (Å²) in [4.78, 5) is 28.3. The van der Waals surface area contributed by atoms with Crippen molar-refractivity contribution in [1.29, 1.82) is 0 Å². The first kappa shape index (κ1) is 21.5. The van der Waals surface area contributed by atoms with Crippen LogP contribution in [0.2, 0.25) is 0 Å². The molecule has 2 aromatic carbocycles. The monoisotopic (exact) mass is 424 g/mol. The molecule has 1 heterocycles. The minimum Gasteiger partial charge on any atom is -0.496 e. The smallest absolute Gasteiger partial charge is 0.325 e. The van der Waals surface area contributed by atoms with Crippen LogP contribution >= 0.6 is 12.2 Å². The van der Waals surface area contributed by atoms with Gasteiger partial charge in [-0.3, -0.25) is 14.5 Å². The summed E-state index contributed by atoms with van der Waals surface area (Å²) < 4.78 is 10.1. The van der Waals surface area contributed by atoms with Crippen LogP contribution in [0.15, 0.2) is 48.2 Å². The Balaban J connectivity index is 2.03. The number of amides is 1. The van der Waals surface area contributed by atoms with E-state index in [-0.39, 0.29) is 17.6 Å². The van der Waals surface area contributed by atoms with Crippen molar-refractivity contribution in [2.45, 2.75) is 20.3 Å². The minimum absolute atomic E-state index is 0.147. The van der Waals surface area contributed by atoms with Gasteiger partial charge >= 0.3 is 5.97 Å². The van der Waals surface area contributed by atoms with Crippen LogP contribution < -0.4 is 9.64 Å². The van der Waals surface area contributed by atoms with Crippen LogP contribution in [-0.4, -0.2) is 42.7 Å². The number of methoxy groups -OCH3 is 2. The van der Waals surface area contributed by atoms with E-state index in [1.165, 1.54) is 16.9 Å². The number of esters is 1. The highest BCUT2D eigenvalue weighted by molar-refractivity contribution is 7.80. The number of aryl methyl sites for hydroxylation is 2. The van der Waals surface area contributed by atoms with Gasteiger partial charge in [0.2, 0.25) is 0 Å². The first-order valence-electron chi connectivity index (χ1n) is 9.57. The SMILES string of the molecule is CCc1ccc(N2C(=O)/C(=C/c3ccc(OC)c(C)c3)N(CC(=O)OC)C2=S)cc1. The van der Waals surface area contributed by atoms with Gasteiger partial charge in [0.05, 0.1) is 19.9 Å². The maximum absolute atomic E-state index is 13.3. The highest BCUT2D eigenvalue weighted by Crippen LogP contribution is 2.30. The zero-order chi connectivity index (χ0) is 21.8. The second-order valence-electron chi connectivity index (χ2n) is 6.86. The topological polar surface area (TPSA) is 59.1 Å². The summed E-state index contributed by atoms with van der Waals surface area (Å²) in [7, 11) is 2.92. The zero-order valence-corrected chi connectivity index (χ0v) is 18.3. The molecular formula is C23H24N2O4S. The molecule has 7 heteroatoms. The molecule has 6 nitrogen and oxygen atoms in total. The fourth-order valence-electron chi connectivity index (χ4n) is 3.28. The molecule has 1 fully saturated rings. The lowest BCUT2D eigenvalue weighted by molar-refractivity contribution is -0.140. The Hall–Kier alpha value is -3.19. The second-order valence-corrected chi connectivity index (χ2v) is 7.23. The molecule has 0 saturated carbocycles. The van der Waals surface area contributed by atoms with E-state index in [2.05, 4.69) is 6.92 Å². The highest BCUT2D eigenvalue weighted by Gasteiger charge is 2.40. The van der Waals surface area contributed by atoms with Crippen molar-refractivity contribution >= 4 is 41.0 Å². The summed E-state index contributed by atoms with van der Waals surface area (Å²) in [5.41, 5.74) is 3.87. The van der Waals surface area contributed by atoms with E-state index in [1.54, 1.807) is 13.2 Å². The van der Waals surface area contributed by atoms with Crippen molar-refractivity contribution in [3.8, 4) is 5.75 Å². The maximum atomic E-state index is 13.3. The van der Waals surface area contributed by atoms with Gasteiger partial charge in [-0.15, -0.1) is 0 Å². The fraction of sp³-hybridized carbons (Fsp3) is 0.261. The molecule has 156 valence electrons. The molecule has 1 aliphatic heterocycles. The van der Waals surface area contributed by atoms with Gasteiger partial charge in [-0.25, -0.2) is 0 Å². The van der Waals surface area contributed by atoms with E-state index in [1.807, 2.05) is 49.4 Å². The number of nitrogens with zero attached hydrogens (tertiary/aromatic N) is 2. The maximum Gasteiger partial charge on any atom is 0.325 e. The number of hydrogen-bond acceptors (Lipinski definition) is 5. The lowest BCUT2D eigenvalue weighted by atomic mass is 10.1. The molecule has 1 amide bonds. The molecule has 1 aliphatic rings. The Labute approximate surface area is 181 Å². The Kier molecular flexibility index (Phi) is 6.52. The van der Waals surface area contributed by atoms with E-state index < -0.39 is 5.97 Å². The van der Waals surface area contributed by atoms with E-state index >= 15 is 0 Å². The van der Waals surface area contributed by atoms with Crippen molar-refractivity contribution < 1.29 is 19.1 Å². The molecule has 3 rings (SSSR count). The molecule has 2 aromatic rings. The summed E-state index contributed by atoms with van der Waals surface area (Å²) in [6.07, 6.45) is 2.62. The molecule has 0 spiro atoms. The predicted molar refractivity (Wildman–Crippen MR) is 120 cm³/mol. The average Bonchev–Trinajstić information content (AvgIpc) is 2.97. The minimum atomic E-state index is -0.481. The third kappa shape index (κ3) is 4.21. The number of carbonyl (C=O) groups excluding carboxylic acids is 2. The summed E-state index contributed by atoms with van der Waals surface area (Å²) in [6, 6.07) is 13.3. The van der Waals surface area contributed by atoms with Gasteiger partial charge in [0.25, 0.3) is 5.91 Å². The number of thiocarbonyl (C=S) groups is 1. The molecular weight excluding hydrogens is 400 g/mol. The van der Waals surface area contributed by atoms with Crippen LogP contribution in [0, 0.1) is 6.92 Å². The van der Waals surface area contributed by atoms with Crippen molar-refractivity contribution in [2.24, 2.45) is 0 Å². The summed E-state index contributed by atoms with van der Waals surface area (Å²) in [6.45, 7) is 3.85. The molecule has 0 N–H and O–H groups in total. The molecule has 0 bridgehead atoms. The van der Waals surface area contributed by atoms with Crippen LogP contribution in [0.3, 0.4) is 0 Å². The number of carbonyl (C=O) groups is 2. The van der Waals surface area contributed by atoms with Crippen LogP contribution in [0.25, 0.3) is 6.08 Å². The van der Waals surface area contributed by atoms with Gasteiger partial charge in [0.1, 0.15) is 18.0 Å². The van der Waals surface area contributed by atoms with Crippen LogP contribution in [0.1, 0.15) is 23.6 Å². The molecule has 0 aromatic heterocycles. The molecule has 0 atom stereocenters. The normalized spacial score (nSPS) is 15.1. The van der Waals surface area contributed by atoms with E-state index in [0.29, 0.717) is 11.4 Å². The number of hydrogen-bond donors (Lipinski definition) is 0. The quantitative estimate of drug-likeness (QED) is 0.400. The summed E-state index contributed by atoms with van der Waals surface area (Å²) in [5, 5.41) is 0.242. The molecule has 1 saturated heterocycles. The summed E-state index contributed by atoms with van der Waals surface area (Å²) >= 11 is 5.57. The van der Waals surface area contributed by atoms with Gasteiger partial charge in [-0.2, -0.15) is 0 Å². The number of rotatable bonds is 6. The number of benzene rings is 2. The van der Waals surface area contributed by atoms with E-state index in [4.69, 9.17) is 21.7 Å². The average molecular weight is 425 g/mol. The first-order valence-corrected chi connectivity index (χ1v) is 9.98. The molecule has 0 aliphatic carbocycles. The Morgan fingerprint density at radius 2 is 1.83 bits per heavy atom. The Morgan fingerprint density at radius 3 is 2.40 bits per heavy atom. The third-order valence-electron chi connectivity index (χ3n) is 4.98. The number of anilines is 1. The van der Waals surface area contributed by atoms with Crippen molar-refractivity contribution in [3.63, 3.8) is 0 Å². The van der Waals surface area contributed by atoms with Crippen LogP contribution in [-0.2, 0) is 20.7 Å². The van der Waals surface area contributed by atoms with Gasteiger partial charge in [-0.1, -0.05) is 25.1 Å². The molecule has 0 radical (unpaired) electrons. The van der Waals surface area contributed by atoms with Crippen molar-refractivity contribution in [3.05, 3.63) is 64.9 Å². The van der Waals surface area contributed by atoms with Crippen LogP contribution in [0.4, 0.5) is 5.69 Å². The summed E-state index contributed by atoms with van der Waals surface area (Å²) in [5.74, 6) is -0.0127. The van der Waals surface area contributed by atoms with Crippen molar-refractivity contribution in [1.82, 2.24) is 4.90 Å². The highest BCUT2D eigenvalue weighted by atomic mass is 32.1. The van der Waals surface area contributed by atoms with Gasteiger partial charge in [-0.05, 0) is 72.6 Å². The van der Waals surface area contributed by atoms with Gasteiger partial charge in [0, 0.05) is 0 Å². The first-order chi connectivity index (χ1) is 14.4. The van der Waals surface area contributed by atoms with E-state index in [0.717, 1.165) is 28.9 Å². The lowest BCUT2D eigenvalue weighted by Gasteiger charge is -2.19. The molecule has 30 heavy (non-hydrogen) atoms. The standard InChI is InChI=1S/C23H24N2O4S/c1-5-16-6-9-18(10-7-16)25-22(27)19(24(23(25)30)14-21(26)29-4)13-17-8-11-20(28-3)15(2)12-17/h6-13H,5,14H2,1-4H3/b19-13-. The third-order valence-corrected chi connectivity index (χ3v) is 5.38. The fourth-order valence-corrected chi connectivity index (χ4v) is 3.64. The lowest BCUT2D eigenvalue weighted by Crippen LogP contribution is -2.35. The number of ether oxygens (including phenoxy) is 2. The van der Waals surface area contributed by atoms with E-state index in [9.17, 15) is 9.59 Å². The molecule has 0 unspecified atom stereocenters. The van der Waals surface area contributed by atoms with Gasteiger partial charge < -0.3 is 14.4 Å². The Bertz CT molecular complexity index is 1010. The largest absolute Gasteiger partial charge is 0.496 e. The second kappa shape index (κ2) is 9.09. The Morgan fingerprint density at radius 1 is 1.13 bits per heavy atom. The van der Waals surface area contributed by atoms with Crippen LogP contribution in [0.5, 0.6) is 5.75 Å². The van der Waals surface area contributed by atoms with Gasteiger partial charge in [0.15, 0.2) is 5.11 Å². The zero-order valence-electron chi connectivity index (χ0n) is 17.5. The predicted octanol–water partition coefficient (Wildman–Crippen LogP) is 3.71.